The van der Waals surface area contributed by atoms with Gasteiger partial charge in [0.25, 0.3) is 0 Å². The molecule has 1 N–H and O–H groups in total. The molecule has 3 rings (SSSR count). The van der Waals surface area contributed by atoms with Crippen LogP contribution in [0.1, 0.15) is 6.42 Å². The number of thiocarbonyl (C=S) groups is 1. The predicted octanol–water partition coefficient (Wildman–Crippen LogP) is 5.74. The molecular formula is C22H18FN3OS. The third-order valence-corrected chi connectivity index (χ3v) is 4.24. The normalized spacial score (nSPS) is 10.0. The molecule has 0 aromatic heterocycles. The molecule has 0 heterocycles. The van der Waals surface area contributed by atoms with Crippen molar-refractivity contribution in [2.45, 2.75) is 6.42 Å². The molecule has 140 valence electrons. The van der Waals surface area contributed by atoms with E-state index in [1.165, 1.54) is 6.07 Å². The number of hydrogen-bond acceptors (Lipinski definition) is 3. The summed E-state index contributed by atoms with van der Waals surface area (Å²) in [5.41, 5.74) is 1.07. The van der Waals surface area contributed by atoms with E-state index in [0.717, 1.165) is 11.4 Å². The Labute approximate surface area is 168 Å². The number of rotatable bonds is 6. The van der Waals surface area contributed by atoms with Gasteiger partial charge in [-0.3, -0.25) is 0 Å². The van der Waals surface area contributed by atoms with Gasteiger partial charge < -0.3 is 15.0 Å². The van der Waals surface area contributed by atoms with Crippen LogP contribution in [0.3, 0.4) is 0 Å². The summed E-state index contributed by atoms with van der Waals surface area (Å²) in [6, 6.07) is 25.2. The van der Waals surface area contributed by atoms with E-state index < -0.39 is 5.82 Å². The molecule has 0 saturated heterocycles. The lowest BCUT2D eigenvalue weighted by atomic mass is 10.2. The average Bonchev–Trinajstić information content (AvgIpc) is 2.72. The van der Waals surface area contributed by atoms with Crippen molar-refractivity contribution >= 4 is 28.7 Å². The number of nitrogens with one attached hydrogen (secondary N) is 1. The van der Waals surface area contributed by atoms with Crippen LogP contribution in [0.4, 0.5) is 15.8 Å². The Balaban J connectivity index is 1.71. The summed E-state index contributed by atoms with van der Waals surface area (Å²) in [6.07, 6.45) is 0.222. The monoisotopic (exact) mass is 391 g/mol. The fourth-order valence-corrected chi connectivity index (χ4v) is 2.89. The van der Waals surface area contributed by atoms with Crippen molar-refractivity contribution < 1.29 is 9.13 Å². The van der Waals surface area contributed by atoms with Gasteiger partial charge in [-0.25, -0.2) is 4.39 Å². The molecule has 6 heteroatoms. The fraction of sp³-hybridized carbons (Fsp3) is 0.0909. The first-order chi connectivity index (χ1) is 13.7. The van der Waals surface area contributed by atoms with E-state index >= 15 is 0 Å². The number of nitrogens with zero attached hydrogens (tertiary/aromatic N) is 2. The van der Waals surface area contributed by atoms with Crippen molar-refractivity contribution in [2.24, 2.45) is 0 Å². The number of benzene rings is 3. The van der Waals surface area contributed by atoms with Crippen LogP contribution in [-0.4, -0.2) is 11.7 Å². The summed E-state index contributed by atoms with van der Waals surface area (Å²) < 4.78 is 20.0. The molecule has 0 fully saturated rings. The smallest absolute Gasteiger partial charge is 0.178 e. The minimum atomic E-state index is -0.392. The predicted molar refractivity (Wildman–Crippen MR) is 113 cm³/mol. The van der Waals surface area contributed by atoms with Crippen LogP contribution in [0.2, 0.25) is 0 Å². The van der Waals surface area contributed by atoms with E-state index in [2.05, 4.69) is 11.4 Å². The van der Waals surface area contributed by atoms with Crippen LogP contribution in [0.25, 0.3) is 0 Å². The highest BCUT2D eigenvalue weighted by Crippen LogP contribution is 2.24. The van der Waals surface area contributed by atoms with Gasteiger partial charge in [0, 0.05) is 12.2 Å². The molecule has 28 heavy (non-hydrogen) atoms. The van der Waals surface area contributed by atoms with E-state index in [0.29, 0.717) is 23.1 Å². The first-order valence-corrected chi connectivity index (χ1v) is 9.11. The second-order valence-electron chi connectivity index (χ2n) is 5.88. The quantitative estimate of drug-likeness (QED) is 0.543. The lowest BCUT2D eigenvalue weighted by Gasteiger charge is -2.25. The number of ether oxygens (including phenoxy) is 1. The van der Waals surface area contributed by atoms with Crippen LogP contribution in [0.15, 0.2) is 78.9 Å². The summed E-state index contributed by atoms with van der Waals surface area (Å²) in [6.45, 7) is 0.290. The molecule has 0 bridgehead atoms. The first-order valence-electron chi connectivity index (χ1n) is 8.70. The Bertz CT molecular complexity index is 971. The molecule has 0 aliphatic rings. The summed E-state index contributed by atoms with van der Waals surface area (Å²) in [4.78, 5) is 1.59. The Morgan fingerprint density at radius 2 is 1.61 bits per heavy atom. The molecule has 4 nitrogen and oxygen atoms in total. The van der Waals surface area contributed by atoms with Gasteiger partial charge in [0.15, 0.2) is 5.11 Å². The minimum absolute atomic E-state index is 0.222. The van der Waals surface area contributed by atoms with Gasteiger partial charge in [-0.2, -0.15) is 5.26 Å². The van der Waals surface area contributed by atoms with E-state index in [1.54, 1.807) is 23.1 Å². The molecule has 0 aliphatic carbocycles. The molecule has 0 spiro atoms. The lowest BCUT2D eigenvalue weighted by molar-refractivity contribution is 0.483. The standard InChI is InChI=1S/C22H18FN3OS/c23-20-9-4-5-10-21(20)26(16-6-15-24)22(28)25-17-11-13-19(14-12-17)27-18-7-2-1-3-8-18/h1-5,7-14H,6,16H2,(H,25,28). The van der Waals surface area contributed by atoms with Gasteiger partial charge in [0.1, 0.15) is 17.3 Å². The topological polar surface area (TPSA) is 48.3 Å². The van der Waals surface area contributed by atoms with Crippen molar-refractivity contribution in [1.82, 2.24) is 0 Å². The van der Waals surface area contributed by atoms with E-state index in [4.69, 9.17) is 22.2 Å². The fourth-order valence-electron chi connectivity index (χ4n) is 2.59. The summed E-state index contributed by atoms with van der Waals surface area (Å²) in [7, 11) is 0. The van der Waals surface area contributed by atoms with Crippen molar-refractivity contribution in [3.63, 3.8) is 0 Å². The largest absolute Gasteiger partial charge is 0.457 e. The van der Waals surface area contributed by atoms with Crippen molar-refractivity contribution in [1.29, 1.82) is 5.26 Å². The molecule has 3 aromatic rings. The number of hydrogen-bond donors (Lipinski definition) is 1. The van der Waals surface area contributed by atoms with Gasteiger partial charge in [-0.05, 0) is 60.7 Å². The second-order valence-corrected chi connectivity index (χ2v) is 6.27. The van der Waals surface area contributed by atoms with E-state index in [9.17, 15) is 4.39 Å². The Morgan fingerprint density at radius 3 is 2.29 bits per heavy atom. The van der Waals surface area contributed by atoms with E-state index in [1.807, 2.05) is 54.6 Å². The highest BCUT2D eigenvalue weighted by atomic mass is 32.1. The number of anilines is 2. The van der Waals surface area contributed by atoms with E-state index in [-0.39, 0.29) is 6.42 Å². The van der Waals surface area contributed by atoms with Gasteiger partial charge in [-0.1, -0.05) is 30.3 Å². The van der Waals surface area contributed by atoms with Gasteiger partial charge in [0.05, 0.1) is 18.2 Å². The van der Waals surface area contributed by atoms with Gasteiger partial charge >= 0.3 is 0 Å². The maximum absolute atomic E-state index is 14.2. The van der Waals surface area contributed by atoms with Crippen molar-refractivity contribution in [2.75, 3.05) is 16.8 Å². The number of nitriles is 1. The van der Waals surface area contributed by atoms with Gasteiger partial charge in [-0.15, -0.1) is 0 Å². The molecular weight excluding hydrogens is 373 g/mol. The highest BCUT2D eigenvalue weighted by Gasteiger charge is 2.15. The van der Waals surface area contributed by atoms with Crippen molar-refractivity contribution in [3.05, 3.63) is 84.7 Å². The summed E-state index contributed by atoms with van der Waals surface area (Å²) in [5.74, 6) is 1.05. The first kappa shape index (κ1) is 19.3. The molecule has 3 aromatic carbocycles. The molecule has 0 atom stereocenters. The lowest BCUT2D eigenvalue weighted by Crippen LogP contribution is -2.36. The third kappa shape index (κ3) is 5.06. The highest BCUT2D eigenvalue weighted by molar-refractivity contribution is 7.80. The molecule has 0 aliphatic heterocycles. The SMILES string of the molecule is N#CCCN(C(=S)Nc1ccc(Oc2ccccc2)cc1)c1ccccc1F. The number of para-hydroxylation sites is 2. The average molecular weight is 391 g/mol. The van der Waals surface area contributed by atoms with Gasteiger partial charge in [0.2, 0.25) is 0 Å². The number of halogens is 1. The molecule has 0 radical (unpaired) electrons. The molecule has 0 saturated carbocycles. The zero-order valence-electron chi connectivity index (χ0n) is 15.0. The Hall–Kier alpha value is -3.43. The van der Waals surface area contributed by atoms with Crippen LogP contribution in [0.5, 0.6) is 11.5 Å². The second kappa shape index (κ2) is 9.49. The van der Waals surface area contributed by atoms with Crippen LogP contribution in [-0.2, 0) is 0 Å². The maximum atomic E-state index is 14.2. The minimum Gasteiger partial charge on any atom is -0.457 e. The van der Waals surface area contributed by atoms with Crippen LogP contribution >= 0.6 is 12.2 Å². The zero-order chi connectivity index (χ0) is 19.8. The summed E-state index contributed by atoms with van der Waals surface area (Å²) in [5, 5.41) is 12.3. The Morgan fingerprint density at radius 1 is 0.964 bits per heavy atom. The molecule has 0 unspecified atom stereocenters. The maximum Gasteiger partial charge on any atom is 0.178 e. The third-order valence-electron chi connectivity index (χ3n) is 3.92. The summed E-state index contributed by atoms with van der Waals surface area (Å²) >= 11 is 5.46. The molecule has 0 amide bonds. The zero-order valence-corrected chi connectivity index (χ0v) is 15.8. The Kier molecular flexibility index (Phi) is 6.55. The van der Waals surface area contributed by atoms with Crippen LogP contribution < -0.4 is 15.0 Å². The van der Waals surface area contributed by atoms with Crippen LogP contribution in [0, 0.1) is 17.1 Å². The van der Waals surface area contributed by atoms with Crippen molar-refractivity contribution in [3.8, 4) is 17.6 Å².